The molecular weight excluding hydrogens is 255 g/mol. The van der Waals surface area contributed by atoms with Crippen molar-refractivity contribution in [1.29, 1.82) is 0 Å². The molecule has 0 spiro atoms. The number of hydrogen-bond acceptors (Lipinski definition) is 3. The molecule has 0 saturated carbocycles. The number of hydrogen-bond donors (Lipinski definition) is 3. The van der Waals surface area contributed by atoms with Crippen LogP contribution in [0.4, 0.5) is 0 Å². The summed E-state index contributed by atoms with van der Waals surface area (Å²) in [5, 5.41) is 8.98. The van der Waals surface area contributed by atoms with Crippen molar-refractivity contribution in [3.05, 3.63) is 29.8 Å². The van der Waals surface area contributed by atoms with Crippen molar-refractivity contribution < 1.29 is 53.6 Å². The van der Waals surface area contributed by atoms with Crippen LogP contribution in [0.2, 0.25) is 0 Å². The average molecular weight is 272 g/mol. The Labute approximate surface area is 125 Å². The zero-order valence-electron chi connectivity index (χ0n) is 11.0. The molecular formula is C10H17NaO5S. The van der Waals surface area contributed by atoms with Crippen LogP contribution in [-0.4, -0.2) is 22.6 Å². The molecule has 0 atom stereocenters. The summed E-state index contributed by atoms with van der Waals surface area (Å²) >= 11 is 0. The maximum atomic E-state index is 8.98. The van der Waals surface area contributed by atoms with E-state index in [1.807, 2.05) is 12.1 Å². The van der Waals surface area contributed by atoms with Gasteiger partial charge in [0, 0.05) is 0 Å². The Morgan fingerprint density at radius 2 is 1.59 bits per heavy atom. The van der Waals surface area contributed by atoms with Gasteiger partial charge in [-0.25, -0.2) is 0 Å². The van der Waals surface area contributed by atoms with E-state index in [0.29, 0.717) is 5.75 Å². The molecule has 0 aliphatic carbocycles. The maximum Gasteiger partial charge on any atom is 1.00 e. The van der Waals surface area contributed by atoms with Gasteiger partial charge in [0.05, 0.1) is 0 Å². The first-order valence-electron chi connectivity index (χ1n) is 4.80. The topological polar surface area (TPSA) is 94.8 Å². The molecule has 17 heavy (non-hydrogen) atoms. The molecule has 0 aliphatic heterocycles. The third-order valence-electron chi connectivity index (χ3n) is 1.76. The molecule has 94 valence electrons. The normalized spacial score (nSPS) is 9.82. The number of aromatic hydroxyl groups is 1. The first-order valence-corrected chi connectivity index (χ1v) is 6.20. The van der Waals surface area contributed by atoms with Crippen LogP contribution in [0.25, 0.3) is 0 Å². The van der Waals surface area contributed by atoms with Crippen molar-refractivity contribution in [2.24, 2.45) is 0 Å². The fourth-order valence-corrected chi connectivity index (χ4v) is 1.04. The second kappa shape index (κ2) is 9.87. The largest absolute Gasteiger partial charge is 1.00 e. The minimum absolute atomic E-state index is 0. The van der Waals surface area contributed by atoms with Crippen LogP contribution in [0, 0.1) is 0 Å². The van der Waals surface area contributed by atoms with Gasteiger partial charge in [-0.15, -0.1) is 0 Å². The molecule has 7 heteroatoms. The van der Waals surface area contributed by atoms with E-state index in [4.69, 9.17) is 22.6 Å². The minimum atomic E-state index is -4.67. The molecule has 0 bridgehead atoms. The quantitative estimate of drug-likeness (QED) is 0.494. The van der Waals surface area contributed by atoms with E-state index in [0.717, 1.165) is 6.42 Å². The summed E-state index contributed by atoms with van der Waals surface area (Å²) in [4.78, 5) is 0. The molecule has 0 saturated heterocycles. The molecule has 5 nitrogen and oxygen atoms in total. The summed E-state index contributed by atoms with van der Waals surface area (Å²) in [5.74, 6) is 0.352. The van der Waals surface area contributed by atoms with Crippen molar-refractivity contribution in [3.8, 4) is 5.75 Å². The molecule has 0 amide bonds. The zero-order valence-corrected chi connectivity index (χ0v) is 12.8. The van der Waals surface area contributed by atoms with E-state index in [2.05, 4.69) is 6.92 Å². The third-order valence-corrected chi connectivity index (χ3v) is 1.76. The fourth-order valence-electron chi connectivity index (χ4n) is 1.04. The van der Waals surface area contributed by atoms with E-state index < -0.39 is 10.4 Å². The van der Waals surface area contributed by atoms with Crippen molar-refractivity contribution in [3.63, 3.8) is 0 Å². The Kier molecular flexibility index (Phi) is 11.2. The number of phenols is 1. The molecule has 3 N–H and O–H groups in total. The van der Waals surface area contributed by atoms with Crippen LogP contribution in [0.5, 0.6) is 5.75 Å². The van der Waals surface area contributed by atoms with E-state index >= 15 is 0 Å². The summed E-state index contributed by atoms with van der Waals surface area (Å²) in [6, 6.07) is 7.44. The summed E-state index contributed by atoms with van der Waals surface area (Å²) in [6.07, 6.45) is 3.57. The zero-order chi connectivity index (χ0) is 12.6. The first kappa shape index (κ1) is 19.2. The molecule has 0 heterocycles. The van der Waals surface area contributed by atoms with E-state index in [1.54, 1.807) is 12.1 Å². The van der Waals surface area contributed by atoms with Gasteiger partial charge < -0.3 is 6.53 Å². The predicted octanol–water partition coefficient (Wildman–Crippen LogP) is -0.801. The fraction of sp³-hybridized carbons (Fsp3) is 0.400. The number of benzene rings is 1. The average Bonchev–Trinajstić information content (AvgIpc) is 2.14. The monoisotopic (exact) mass is 272 g/mol. The Bertz CT molecular complexity index is 385. The van der Waals surface area contributed by atoms with E-state index in [-0.39, 0.29) is 31.0 Å². The van der Waals surface area contributed by atoms with Gasteiger partial charge in [-0.2, -0.15) is 8.42 Å². The van der Waals surface area contributed by atoms with Crippen LogP contribution in [-0.2, 0) is 16.8 Å². The van der Waals surface area contributed by atoms with Crippen LogP contribution < -0.4 is 29.6 Å². The first-order chi connectivity index (χ1) is 7.33. The van der Waals surface area contributed by atoms with E-state index in [1.165, 1.54) is 18.4 Å². The van der Waals surface area contributed by atoms with Gasteiger partial charge in [-0.05, 0) is 30.5 Å². The molecule has 0 fully saturated rings. The van der Waals surface area contributed by atoms with Gasteiger partial charge in [0.25, 0.3) is 0 Å². The second-order valence-corrected chi connectivity index (χ2v) is 4.11. The van der Waals surface area contributed by atoms with Gasteiger partial charge in [0.15, 0.2) is 0 Å². The number of aryl methyl sites for hydroxylation is 1. The number of rotatable bonds is 3. The summed E-state index contributed by atoms with van der Waals surface area (Å²) in [7, 11) is -4.67. The molecule has 0 unspecified atom stereocenters. The van der Waals surface area contributed by atoms with Crippen molar-refractivity contribution in [2.75, 3.05) is 0 Å². The van der Waals surface area contributed by atoms with Gasteiger partial charge >= 0.3 is 40.0 Å². The van der Waals surface area contributed by atoms with Crippen LogP contribution in [0.15, 0.2) is 24.3 Å². The molecule has 0 radical (unpaired) electrons. The molecule has 0 aromatic heterocycles. The predicted molar refractivity (Wildman–Crippen MR) is 62.0 cm³/mol. The SMILES string of the molecule is CCCCc1ccc(O)cc1.O=S(=O)(O)O.[H-].[Na+]. The van der Waals surface area contributed by atoms with Crippen LogP contribution in [0.1, 0.15) is 26.8 Å². The second-order valence-electron chi connectivity index (χ2n) is 3.22. The van der Waals surface area contributed by atoms with Crippen molar-refractivity contribution in [1.82, 2.24) is 0 Å². The van der Waals surface area contributed by atoms with E-state index in [9.17, 15) is 0 Å². The smallest absolute Gasteiger partial charge is 1.00 e. The third kappa shape index (κ3) is 15.9. The Hall–Kier alpha value is -0.110. The van der Waals surface area contributed by atoms with Crippen LogP contribution in [0.3, 0.4) is 0 Å². The molecule has 0 aliphatic rings. The molecule has 1 aromatic rings. The number of unbranched alkanes of at least 4 members (excludes halogenated alkanes) is 1. The standard InChI is InChI=1S/C10H14O.Na.H2O4S.H/c1-2-3-4-9-5-7-10(11)8-6-9;;1-5(2,3)4;/h5-8,11H,2-4H2,1H3;;(H2,1,2,3,4);/q;+1;;-1. The Morgan fingerprint density at radius 1 is 1.18 bits per heavy atom. The maximum absolute atomic E-state index is 8.98. The summed E-state index contributed by atoms with van der Waals surface area (Å²) in [6.45, 7) is 2.18. The summed E-state index contributed by atoms with van der Waals surface area (Å²) in [5.41, 5.74) is 1.31. The Balaban J connectivity index is -0.000000282. The van der Waals surface area contributed by atoms with Gasteiger partial charge in [0.2, 0.25) is 0 Å². The molecule has 1 rings (SSSR count). The Morgan fingerprint density at radius 3 is 1.94 bits per heavy atom. The van der Waals surface area contributed by atoms with Crippen molar-refractivity contribution >= 4 is 10.4 Å². The molecule has 1 aromatic carbocycles. The minimum Gasteiger partial charge on any atom is -1.00 e. The van der Waals surface area contributed by atoms with Crippen molar-refractivity contribution in [2.45, 2.75) is 26.2 Å². The van der Waals surface area contributed by atoms with Gasteiger partial charge in [0.1, 0.15) is 5.75 Å². The van der Waals surface area contributed by atoms with Gasteiger partial charge in [-0.1, -0.05) is 25.5 Å². The van der Waals surface area contributed by atoms with Crippen LogP contribution >= 0.6 is 0 Å². The van der Waals surface area contributed by atoms with Gasteiger partial charge in [-0.3, -0.25) is 9.11 Å². The number of phenolic OH excluding ortho intramolecular Hbond substituents is 1. The summed E-state index contributed by atoms with van der Waals surface area (Å²) < 4.78 is 31.6.